The monoisotopic (exact) mass is 517 g/mol. The largest absolute Gasteiger partial charge is 0.322 e. The second-order valence-electron chi connectivity index (χ2n) is 7.73. The van der Waals surface area contributed by atoms with Crippen molar-refractivity contribution in [3.8, 4) is 0 Å². The molecule has 1 aliphatic rings. The van der Waals surface area contributed by atoms with Gasteiger partial charge in [-0.25, -0.2) is 8.42 Å². The Kier molecular flexibility index (Phi) is 7.11. The second kappa shape index (κ2) is 10.0. The van der Waals surface area contributed by atoms with Gasteiger partial charge in [-0.2, -0.15) is 0 Å². The van der Waals surface area contributed by atoms with E-state index in [1.54, 1.807) is 48.5 Å². The highest BCUT2D eigenvalue weighted by atomic mass is 35.5. The average Bonchev–Trinajstić information content (AvgIpc) is 2.81. The van der Waals surface area contributed by atoms with Crippen LogP contribution >= 0.6 is 23.2 Å². The molecule has 1 aliphatic heterocycles. The van der Waals surface area contributed by atoms with Crippen molar-refractivity contribution >= 4 is 62.1 Å². The fourth-order valence-electron chi connectivity index (χ4n) is 3.60. The first kappa shape index (κ1) is 24.1. The quantitative estimate of drug-likeness (QED) is 0.471. The standard InChI is InChI=1S/C24H21Cl2N3O4S/c25-20-11-8-17(14-22(20)28-23(30)16-6-2-1-3-7-16)27-24(31)19-10-9-18(15-21(19)26)29-12-4-5-13-34(29,32)33/h1-3,6-11,14-15H,4-5,12-13H2,(H,27,31)(H,28,30). The Hall–Kier alpha value is -3.07. The van der Waals surface area contributed by atoms with E-state index in [1.165, 1.54) is 16.4 Å². The third-order valence-corrected chi connectivity index (χ3v) is 7.85. The molecule has 1 heterocycles. The lowest BCUT2D eigenvalue weighted by Gasteiger charge is -2.28. The van der Waals surface area contributed by atoms with Crippen molar-refractivity contribution in [1.82, 2.24) is 0 Å². The number of nitrogens with one attached hydrogen (secondary N) is 2. The molecule has 34 heavy (non-hydrogen) atoms. The van der Waals surface area contributed by atoms with E-state index in [0.29, 0.717) is 40.6 Å². The zero-order valence-electron chi connectivity index (χ0n) is 17.9. The number of nitrogens with zero attached hydrogens (tertiary/aromatic N) is 1. The first-order valence-corrected chi connectivity index (χ1v) is 12.9. The Morgan fingerprint density at radius 2 is 1.59 bits per heavy atom. The second-order valence-corrected chi connectivity index (χ2v) is 10.6. The number of hydrogen-bond acceptors (Lipinski definition) is 4. The van der Waals surface area contributed by atoms with E-state index in [9.17, 15) is 18.0 Å². The van der Waals surface area contributed by atoms with Gasteiger partial charge >= 0.3 is 0 Å². The van der Waals surface area contributed by atoms with E-state index in [-0.39, 0.29) is 22.2 Å². The van der Waals surface area contributed by atoms with Crippen molar-refractivity contribution in [3.63, 3.8) is 0 Å². The maximum Gasteiger partial charge on any atom is 0.257 e. The predicted molar refractivity (Wildman–Crippen MR) is 136 cm³/mol. The third-order valence-electron chi connectivity index (χ3n) is 5.34. The number of carbonyl (C=O) groups is 2. The van der Waals surface area contributed by atoms with Gasteiger partial charge < -0.3 is 10.6 Å². The Bertz CT molecular complexity index is 1350. The summed E-state index contributed by atoms with van der Waals surface area (Å²) in [6.45, 7) is 0.381. The maximum atomic E-state index is 12.8. The Morgan fingerprint density at radius 3 is 2.29 bits per heavy atom. The molecule has 1 saturated heterocycles. The number of rotatable bonds is 5. The lowest BCUT2D eigenvalue weighted by Crippen LogP contribution is -2.37. The first-order chi connectivity index (χ1) is 16.2. The minimum atomic E-state index is -3.39. The number of carbonyl (C=O) groups excluding carboxylic acids is 2. The molecule has 10 heteroatoms. The highest BCUT2D eigenvalue weighted by molar-refractivity contribution is 7.92. The molecule has 2 amide bonds. The molecular weight excluding hydrogens is 497 g/mol. The van der Waals surface area contributed by atoms with Crippen LogP contribution in [0.1, 0.15) is 33.6 Å². The molecule has 4 rings (SSSR count). The molecule has 0 unspecified atom stereocenters. The summed E-state index contributed by atoms with van der Waals surface area (Å²) >= 11 is 12.6. The summed E-state index contributed by atoms with van der Waals surface area (Å²) in [5.74, 6) is -0.731. The summed E-state index contributed by atoms with van der Waals surface area (Å²) < 4.78 is 26.0. The highest BCUT2D eigenvalue weighted by Crippen LogP contribution is 2.30. The van der Waals surface area contributed by atoms with Crippen LogP contribution < -0.4 is 14.9 Å². The zero-order valence-corrected chi connectivity index (χ0v) is 20.3. The van der Waals surface area contributed by atoms with Crippen molar-refractivity contribution in [2.75, 3.05) is 27.2 Å². The molecule has 0 spiro atoms. The Balaban J connectivity index is 1.50. The molecule has 7 nitrogen and oxygen atoms in total. The van der Waals surface area contributed by atoms with Gasteiger partial charge in [-0.3, -0.25) is 13.9 Å². The predicted octanol–water partition coefficient (Wildman–Crippen LogP) is 5.43. The summed E-state index contributed by atoms with van der Waals surface area (Å²) in [6, 6.07) is 17.9. The van der Waals surface area contributed by atoms with Gasteiger partial charge in [0.05, 0.1) is 32.7 Å². The Labute approximate surface area is 207 Å². The number of sulfonamides is 1. The summed E-state index contributed by atoms with van der Waals surface area (Å²) in [5, 5.41) is 5.90. The van der Waals surface area contributed by atoms with Gasteiger partial charge in [0, 0.05) is 17.8 Å². The van der Waals surface area contributed by atoms with Crippen molar-refractivity contribution < 1.29 is 18.0 Å². The molecule has 1 fully saturated rings. The molecular formula is C24H21Cl2N3O4S. The van der Waals surface area contributed by atoms with Crippen LogP contribution in [-0.2, 0) is 10.0 Å². The minimum absolute atomic E-state index is 0.0898. The lowest BCUT2D eigenvalue weighted by atomic mass is 10.1. The van der Waals surface area contributed by atoms with E-state index in [2.05, 4.69) is 10.6 Å². The molecule has 3 aromatic carbocycles. The van der Waals surface area contributed by atoms with Crippen LogP contribution in [0.25, 0.3) is 0 Å². The number of halogens is 2. The van der Waals surface area contributed by atoms with Crippen LogP contribution in [0.5, 0.6) is 0 Å². The third kappa shape index (κ3) is 5.35. The summed E-state index contributed by atoms with van der Waals surface area (Å²) in [4.78, 5) is 25.3. The molecule has 176 valence electrons. The van der Waals surface area contributed by atoms with Crippen molar-refractivity contribution in [2.45, 2.75) is 12.8 Å². The SMILES string of the molecule is O=C(Nc1cc(NC(=O)c2ccc(N3CCCCS3(=O)=O)cc2Cl)ccc1Cl)c1ccccc1. The van der Waals surface area contributed by atoms with Crippen LogP contribution in [0.2, 0.25) is 10.0 Å². The summed E-state index contributed by atoms with van der Waals surface area (Å²) in [6.07, 6.45) is 1.39. The molecule has 0 aliphatic carbocycles. The van der Waals surface area contributed by atoms with Gasteiger partial charge in [-0.1, -0.05) is 41.4 Å². The van der Waals surface area contributed by atoms with E-state index in [1.807, 2.05) is 6.07 Å². The van der Waals surface area contributed by atoms with Crippen LogP contribution in [0, 0.1) is 0 Å². The van der Waals surface area contributed by atoms with Gasteiger partial charge in [-0.15, -0.1) is 0 Å². The number of amides is 2. The molecule has 0 radical (unpaired) electrons. The van der Waals surface area contributed by atoms with E-state index < -0.39 is 15.9 Å². The number of anilines is 3. The topological polar surface area (TPSA) is 95.6 Å². The summed E-state index contributed by atoms with van der Waals surface area (Å²) in [5.41, 5.74) is 1.82. The molecule has 3 aromatic rings. The number of benzene rings is 3. The fourth-order valence-corrected chi connectivity index (χ4v) is 5.66. The van der Waals surface area contributed by atoms with E-state index >= 15 is 0 Å². The van der Waals surface area contributed by atoms with E-state index in [4.69, 9.17) is 23.2 Å². The van der Waals surface area contributed by atoms with Crippen LogP contribution in [0.3, 0.4) is 0 Å². The van der Waals surface area contributed by atoms with Crippen molar-refractivity contribution in [3.05, 3.63) is 87.9 Å². The van der Waals surface area contributed by atoms with Gasteiger partial charge in [0.25, 0.3) is 11.8 Å². The minimum Gasteiger partial charge on any atom is -0.322 e. The first-order valence-electron chi connectivity index (χ1n) is 10.5. The van der Waals surface area contributed by atoms with Gasteiger partial charge in [0.1, 0.15) is 0 Å². The maximum absolute atomic E-state index is 12.8. The Morgan fingerprint density at radius 1 is 0.824 bits per heavy atom. The van der Waals surface area contributed by atoms with Crippen LogP contribution in [-0.4, -0.2) is 32.5 Å². The molecule has 2 N–H and O–H groups in total. The van der Waals surface area contributed by atoms with Gasteiger partial charge in [0.15, 0.2) is 0 Å². The number of hydrogen-bond donors (Lipinski definition) is 2. The average molecular weight is 518 g/mol. The normalized spacial score (nSPS) is 14.9. The smallest absolute Gasteiger partial charge is 0.257 e. The summed E-state index contributed by atoms with van der Waals surface area (Å²) in [7, 11) is -3.39. The van der Waals surface area contributed by atoms with Crippen molar-refractivity contribution in [2.24, 2.45) is 0 Å². The van der Waals surface area contributed by atoms with Gasteiger partial charge in [0.2, 0.25) is 10.0 Å². The molecule has 0 saturated carbocycles. The fraction of sp³-hybridized carbons (Fsp3) is 0.167. The van der Waals surface area contributed by atoms with E-state index in [0.717, 1.165) is 6.42 Å². The van der Waals surface area contributed by atoms with Crippen LogP contribution in [0.4, 0.5) is 17.1 Å². The van der Waals surface area contributed by atoms with Gasteiger partial charge in [-0.05, 0) is 61.4 Å². The molecule has 0 aromatic heterocycles. The highest BCUT2D eigenvalue weighted by Gasteiger charge is 2.27. The van der Waals surface area contributed by atoms with Crippen LogP contribution in [0.15, 0.2) is 66.7 Å². The lowest BCUT2D eigenvalue weighted by molar-refractivity contribution is 0.101. The van der Waals surface area contributed by atoms with Crippen molar-refractivity contribution in [1.29, 1.82) is 0 Å². The molecule has 0 bridgehead atoms. The molecule has 0 atom stereocenters. The zero-order chi connectivity index (χ0) is 24.3.